The first-order valence-corrected chi connectivity index (χ1v) is 11.3. The Hall–Kier alpha value is -2.20. The monoisotopic (exact) mass is 475 g/mol. The molecule has 0 spiro atoms. The molecule has 15 heteroatoms. The minimum absolute atomic E-state index is 0.270. The van der Waals surface area contributed by atoms with Crippen molar-refractivity contribution in [2.45, 2.75) is 20.9 Å². The van der Waals surface area contributed by atoms with Crippen molar-refractivity contribution >= 4 is 41.1 Å². The number of benzene rings is 2. The van der Waals surface area contributed by atoms with Gasteiger partial charge in [-0.3, -0.25) is 4.18 Å². The zero-order valence-corrected chi connectivity index (χ0v) is 16.4. The van der Waals surface area contributed by atoms with Crippen LogP contribution in [-0.2, 0) is 38.7 Å². The van der Waals surface area contributed by atoms with Gasteiger partial charge >= 0.3 is 16.3 Å². The highest BCUT2D eigenvalue weighted by molar-refractivity contribution is 7.91. The topological polar surface area (TPSA) is 144 Å². The van der Waals surface area contributed by atoms with Gasteiger partial charge in [-0.2, -0.15) is 30.0 Å². The lowest BCUT2D eigenvalue weighted by Crippen LogP contribution is -2.23. The van der Waals surface area contributed by atoms with Crippen LogP contribution in [0.4, 0.5) is 13.2 Å². The minimum atomic E-state index is -5.64. The lowest BCUT2D eigenvalue weighted by molar-refractivity contribution is -0.152. The first-order valence-electron chi connectivity index (χ1n) is 7.12. The second-order valence-electron chi connectivity index (χ2n) is 5.26. The quantitative estimate of drug-likeness (QED) is 0.333. The normalized spacial score (nSPS) is 13.4. The molecule has 0 bridgehead atoms. The Morgan fingerprint density at radius 3 is 2.10 bits per heavy atom. The summed E-state index contributed by atoms with van der Waals surface area (Å²) in [5, 5.41) is -0.790. The molecule has 0 aliphatic heterocycles. The van der Waals surface area contributed by atoms with E-state index in [0.29, 0.717) is 12.3 Å². The van der Waals surface area contributed by atoms with Gasteiger partial charge in [-0.15, -0.1) is 0 Å². The van der Waals surface area contributed by atoms with E-state index >= 15 is 0 Å². The highest BCUT2D eigenvalue weighted by Gasteiger charge is 2.38. The van der Waals surface area contributed by atoms with Crippen molar-refractivity contribution in [1.82, 2.24) is 0 Å². The highest BCUT2D eigenvalue weighted by Crippen LogP contribution is 2.37. The summed E-state index contributed by atoms with van der Waals surface area (Å²) in [7, 11) is -16.5. The zero-order valence-electron chi connectivity index (χ0n) is 13.9. The van der Waals surface area contributed by atoms with Gasteiger partial charge in [-0.05, 0) is 11.5 Å². The number of hydrogen-bond acceptors (Lipinski definition) is 9. The van der Waals surface area contributed by atoms with Gasteiger partial charge in [0.25, 0.3) is 10.1 Å². The van der Waals surface area contributed by atoms with Crippen LogP contribution in [0, 0.1) is 0 Å². The van der Waals surface area contributed by atoms with E-state index in [4.69, 9.17) is 0 Å². The van der Waals surface area contributed by atoms with Gasteiger partial charge in [0.1, 0.15) is 19.9 Å². The first kappa shape index (κ1) is 23.1. The molecule has 2 aromatic rings. The third-order valence-electron chi connectivity index (χ3n) is 3.26. The molecule has 0 radical (unpaired) electrons. The summed E-state index contributed by atoms with van der Waals surface area (Å²) in [6.07, 6.45) is -4.83. The van der Waals surface area contributed by atoms with E-state index in [1.165, 1.54) is 12.1 Å². The van der Waals surface area contributed by atoms with Crippen LogP contribution in [0.15, 0.2) is 57.9 Å². The maximum Gasteiger partial charge on any atom is 0.413 e. The van der Waals surface area contributed by atoms with Gasteiger partial charge in [-0.1, -0.05) is 30.8 Å². The van der Waals surface area contributed by atoms with Crippen LogP contribution in [0.3, 0.4) is 0 Å². The van der Waals surface area contributed by atoms with Crippen molar-refractivity contribution in [3.8, 4) is 0 Å². The Morgan fingerprint density at radius 2 is 1.59 bits per heavy atom. The van der Waals surface area contributed by atoms with Crippen molar-refractivity contribution in [3.63, 3.8) is 0 Å². The number of fused-ring (bicyclic) bond motifs is 1. The van der Waals surface area contributed by atoms with Crippen molar-refractivity contribution in [2.75, 3.05) is 6.61 Å². The predicted octanol–water partition coefficient (Wildman–Crippen LogP) is 1.86. The lowest BCUT2D eigenvalue weighted by atomic mass is 10.1. The Bertz CT molecular complexity index is 1280. The molecule has 0 aliphatic rings. The average Bonchev–Trinajstić information content (AvgIpc) is 2.57. The van der Waals surface area contributed by atoms with Crippen LogP contribution in [-0.4, -0.2) is 42.6 Å². The molecule has 9 nitrogen and oxygen atoms in total. The largest absolute Gasteiger partial charge is 0.744 e. The van der Waals surface area contributed by atoms with E-state index in [-0.39, 0.29) is 5.39 Å². The molecule has 0 N–H and O–H groups in total. The third kappa shape index (κ3) is 5.05. The third-order valence-corrected chi connectivity index (χ3v) is 7.05. The van der Waals surface area contributed by atoms with Crippen molar-refractivity contribution < 1.29 is 51.3 Å². The molecular formula is C14H10F3O9S3-. The standard InChI is InChI=1S/C14H11F3O9S3/c1-2-25-29(23,24)13-11(27(18,19)20)7-9-5-3-4-6-10(9)12(13)28(21,22)26-8-14(15,16)17/h2-7H,1,8H2,(H,18,19,20)/p-1. The molecule has 0 aromatic heterocycles. The summed E-state index contributed by atoms with van der Waals surface area (Å²) < 4.78 is 130. The average molecular weight is 475 g/mol. The molecule has 0 saturated heterocycles. The van der Waals surface area contributed by atoms with E-state index in [2.05, 4.69) is 14.9 Å². The predicted molar refractivity (Wildman–Crippen MR) is 89.6 cm³/mol. The molecule has 0 aliphatic carbocycles. The second-order valence-corrected chi connectivity index (χ2v) is 9.67. The summed E-state index contributed by atoms with van der Waals surface area (Å²) in [6.45, 7) is 0.594. The van der Waals surface area contributed by atoms with E-state index < -0.39 is 63.2 Å². The van der Waals surface area contributed by atoms with E-state index in [0.717, 1.165) is 12.1 Å². The molecule has 0 saturated carbocycles. The molecule has 160 valence electrons. The fourth-order valence-electron chi connectivity index (χ4n) is 2.28. The molecule has 0 amide bonds. The number of alkyl halides is 3. The summed E-state index contributed by atoms with van der Waals surface area (Å²) in [4.78, 5) is -4.73. The first-order chi connectivity index (χ1) is 13.1. The molecule has 2 rings (SSSR count). The fourth-order valence-corrected chi connectivity index (χ4v) is 6.29. The Kier molecular flexibility index (Phi) is 6.02. The van der Waals surface area contributed by atoms with Crippen molar-refractivity contribution in [1.29, 1.82) is 0 Å². The van der Waals surface area contributed by atoms with Crippen LogP contribution in [0.25, 0.3) is 10.8 Å². The number of hydrogen-bond donors (Lipinski definition) is 0. The maximum absolute atomic E-state index is 12.5. The lowest BCUT2D eigenvalue weighted by Gasteiger charge is -2.19. The maximum atomic E-state index is 12.5. The van der Waals surface area contributed by atoms with Gasteiger partial charge in [0.05, 0.1) is 11.2 Å². The molecule has 0 heterocycles. The summed E-state index contributed by atoms with van der Waals surface area (Å²) in [6, 6.07) is 5.12. The van der Waals surface area contributed by atoms with E-state index in [1.807, 2.05) is 0 Å². The van der Waals surface area contributed by atoms with Crippen molar-refractivity contribution in [3.05, 3.63) is 43.2 Å². The smallest absolute Gasteiger partial charge is 0.413 e. The Morgan fingerprint density at radius 1 is 1.00 bits per heavy atom. The van der Waals surface area contributed by atoms with Gasteiger partial charge in [0.15, 0.2) is 6.61 Å². The molecule has 2 aromatic carbocycles. The molecule has 0 unspecified atom stereocenters. The van der Waals surface area contributed by atoms with Crippen LogP contribution in [0.1, 0.15) is 0 Å². The molecule has 29 heavy (non-hydrogen) atoms. The van der Waals surface area contributed by atoms with Crippen LogP contribution in [0.5, 0.6) is 0 Å². The molecular weight excluding hydrogens is 465 g/mol. The number of halogens is 3. The SMILES string of the molecule is C=COS(=O)(=O)c1c(S(=O)(=O)[O-])cc2ccccc2c1S(=O)(=O)OCC(F)(F)F. The summed E-state index contributed by atoms with van der Waals surface area (Å²) in [5.41, 5.74) is 0. The van der Waals surface area contributed by atoms with Gasteiger partial charge < -0.3 is 8.74 Å². The van der Waals surface area contributed by atoms with Crippen molar-refractivity contribution in [2.24, 2.45) is 0 Å². The fraction of sp³-hybridized carbons (Fsp3) is 0.143. The number of rotatable bonds is 7. The molecule has 0 fully saturated rings. The van der Waals surface area contributed by atoms with Crippen LogP contribution < -0.4 is 0 Å². The highest BCUT2D eigenvalue weighted by atomic mass is 32.2. The van der Waals surface area contributed by atoms with E-state index in [9.17, 15) is 43.0 Å². The Balaban J connectivity index is 3.08. The summed E-state index contributed by atoms with van der Waals surface area (Å²) in [5.74, 6) is 0. The van der Waals surface area contributed by atoms with Crippen LogP contribution in [0.2, 0.25) is 0 Å². The zero-order chi connectivity index (χ0) is 22.3. The minimum Gasteiger partial charge on any atom is -0.744 e. The van der Waals surface area contributed by atoms with Gasteiger partial charge in [-0.25, -0.2) is 8.42 Å². The van der Waals surface area contributed by atoms with Gasteiger partial charge in [0, 0.05) is 5.39 Å². The second kappa shape index (κ2) is 7.56. The van der Waals surface area contributed by atoms with Crippen LogP contribution >= 0.6 is 0 Å². The summed E-state index contributed by atoms with van der Waals surface area (Å²) >= 11 is 0. The van der Waals surface area contributed by atoms with E-state index in [1.54, 1.807) is 0 Å². The van der Waals surface area contributed by atoms with Gasteiger partial charge in [0.2, 0.25) is 0 Å². The Labute approximate surface area is 163 Å². The molecule has 0 atom stereocenters.